The van der Waals surface area contributed by atoms with Crippen LogP contribution in [-0.2, 0) is 4.79 Å². The van der Waals surface area contributed by atoms with Crippen molar-refractivity contribution in [3.63, 3.8) is 0 Å². The molecule has 0 bridgehead atoms. The number of benzene rings is 1. The zero-order valence-electron chi connectivity index (χ0n) is 12.0. The highest BCUT2D eigenvalue weighted by molar-refractivity contribution is 5.98. The minimum Gasteiger partial charge on any atom is -0.437 e. The second kappa shape index (κ2) is 6.56. The molecule has 21 heavy (non-hydrogen) atoms. The Morgan fingerprint density at radius 1 is 1.33 bits per heavy atom. The molecule has 0 saturated carbocycles. The van der Waals surface area contributed by atoms with Crippen LogP contribution in [0, 0.1) is 6.92 Å². The number of carbonyl (C=O) groups excluding carboxylic acids is 1. The Kier molecular flexibility index (Phi) is 4.56. The summed E-state index contributed by atoms with van der Waals surface area (Å²) < 4.78 is 5.74. The third-order valence-corrected chi connectivity index (χ3v) is 2.78. The number of aryl methyl sites for hydroxylation is 1. The van der Waals surface area contributed by atoms with Gasteiger partial charge >= 0.3 is 0 Å². The SMILES string of the molecule is C=CC(=O)Nc1ccc(Oc2ncc(C)cc2NC)cc1. The van der Waals surface area contributed by atoms with Crippen LogP contribution in [0.3, 0.4) is 0 Å². The van der Waals surface area contributed by atoms with Gasteiger partial charge in [-0.15, -0.1) is 0 Å². The average Bonchev–Trinajstić information content (AvgIpc) is 2.50. The summed E-state index contributed by atoms with van der Waals surface area (Å²) >= 11 is 0. The molecule has 0 spiro atoms. The van der Waals surface area contributed by atoms with E-state index in [9.17, 15) is 4.79 Å². The molecule has 5 heteroatoms. The van der Waals surface area contributed by atoms with Gasteiger partial charge in [0.05, 0.1) is 5.69 Å². The van der Waals surface area contributed by atoms with E-state index in [1.165, 1.54) is 6.08 Å². The number of carbonyl (C=O) groups is 1. The average molecular weight is 283 g/mol. The Hall–Kier alpha value is -2.82. The molecule has 2 rings (SSSR count). The van der Waals surface area contributed by atoms with Crippen LogP contribution >= 0.6 is 0 Å². The fraction of sp³-hybridized carbons (Fsp3) is 0.125. The number of anilines is 2. The van der Waals surface area contributed by atoms with Crippen molar-refractivity contribution in [3.8, 4) is 11.6 Å². The van der Waals surface area contributed by atoms with E-state index in [0.717, 1.165) is 11.3 Å². The molecule has 0 atom stereocenters. The van der Waals surface area contributed by atoms with E-state index in [-0.39, 0.29) is 5.91 Å². The molecule has 5 nitrogen and oxygen atoms in total. The molecule has 108 valence electrons. The molecule has 0 fully saturated rings. The summed E-state index contributed by atoms with van der Waals surface area (Å²) in [5.41, 5.74) is 2.55. The van der Waals surface area contributed by atoms with Crippen molar-refractivity contribution in [1.82, 2.24) is 4.98 Å². The van der Waals surface area contributed by atoms with Crippen LogP contribution in [0.2, 0.25) is 0 Å². The minimum absolute atomic E-state index is 0.249. The Bertz CT molecular complexity index is 651. The summed E-state index contributed by atoms with van der Waals surface area (Å²) in [6.45, 7) is 5.37. The van der Waals surface area contributed by atoms with Gasteiger partial charge in [-0.05, 0) is 48.9 Å². The summed E-state index contributed by atoms with van der Waals surface area (Å²) in [6.07, 6.45) is 2.97. The third-order valence-electron chi connectivity index (χ3n) is 2.78. The third kappa shape index (κ3) is 3.82. The van der Waals surface area contributed by atoms with Gasteiger partial charge in [0.15, 0.2) is 0 Å². The first-order valence-electron chi connectivity index (χ1n) is 6.48. The van der Waals surface area contributed by atoms with Crippen LogP contribution in [0.25, 0.3) is 0 Å². The summed E-state index contributed by atoms with van der Waals surface area (Å²) in [4.78, 5) is 15.5. The van der Waals surface area contributed by atoms with Crippen molar-refractivity contribution >= 4 is 17.3 Å². The zero-order valence-corrected chi connectivity index (χ0v) is 12.0. The lowest BCUT2D eigenvalue weighted by Crippen LogP contribution is -2.06. The van der Waals surface area contributed by atoms with Crippen LogP contribution in [0.1, 0.15) is 5.56 Å². The summed E-state index contributed by atoms with van der Waals surface area (Å²) in [5, 5.41) is 5.72. The van der Waals surface area contributed by atoms with Crippen LogP contribution in [-0.4, -0.2) is 17.9 Å². The molecule has 0 aliphatic rings. The number of amides is 1. The molecular formula is C16H17N3O2. The summed E-state index contributed by atoms with van der Waals surface area (Å²) in [7, 11) is 1.82. The van der Waals surface area contributed by atoms with Crippen LogP contribution in [0.4, 0.5) is 11.4 Å². The molecule has 2 aromatic rings. The van der Waals surface area contributed by atoms with Crippen molar-refractivity contribution in [1.29, 1.82) is 0 Å². The standard InChI is InChI=1S/C16H17N3O2/c1-4-15(20)19-12-5-7-13(8-6-12)21-16-14(17-3)9-11(2)10-18-16/h4-10,17H,1H2,2-3H3,(H,19,20). The smallest absolute Gasteiger partial charge is 0.247 e. The molecule has 0 aliphatic carbocycles. The largest absolute Gasteiger partial charge is 0.437 e. The molecule has 0 radical (unpaired) electrons. The van der Waals surface area contributed by atoms with E-state index in [1.54, 1.807) is 30.5 Å². The van der Waals surface area contributed by atoms with Gasteiger partial charge in [0.25, 0.3) is 0 Å². The number of rotatable bonds is 5. The Morgan fingerprint density at radius 2 is 2.05 bits per heavy atom. The maximum Gasteiger partial charge on any atom is 0.247 e. The lowest BCUT2D eigenvalue weighted by Gasteiger charge is -2.11. The van der Waals surface area contributed by atoms with Crippen LogP contribution in [0.5, 0.6) is 11.6 Å². The van der Waals surface area contributed by atoms with E-state index in [1.807, 2.05) is 20.0 Å². The molecule has 0 aliphatic heterocycles. The molecule has 1 aromatic carbocycles. The highest BCUT2D eigenvalue weighted by Crippen LogP contribution is 2.28. The summed E-state index contributed by atoms with van der Waals surface area (Å²) in [6, 6.07) is 8.99. The Morgan fingerprint density at radius 3 is 2.67 bits per heavy atom. The number of hydrogen-bond acceptors (Lipinski definition) is 4. The quantitative estimate of drug-likeness (QED) is 0.826. The number of nitrogens with one attached hydrogen (secondary N) is 2. The highest BCUT2D eigenvalue weighted by atomic mass is 16.5. The van der Waals surface area contributed by atoms with E-state index >= 15 is 0 Å². The van der Waals surface area contributed by atoms with Gasteiger partial charge in [-0.25, -0.2) is 4.98 Å². The molecule has 0 unspecified atom stereocenters. The molecule has 2 N–H and O–H groups in total. The van der Waals surface area contributed by atoms with Gasteiger partial charge in [0, 0.05) is 18.9 Å². The lowest BCUT2D eigenvalue weighted by molar-refractivity contribution is -0.111. The van der Waals surface area contributed by atoms with Crippen molar-refractivity contribution < 1.29 is 9.53 Å². The number of nitrogens with zero attached hydrogens (tertiary/aromatic N) is 1. The number of pyridine rings is 1. The van der Waals surface area contributed by atoms with E-state index in [4.69, 9.17) is 4.74 Å². The van der Waals surface area contributed by atoms with Gasteiger partial charge in [0.2, 0.25) is 11.8 Å². The van der Waals surface area contributed by atoms with Crippen molar-refractivity contribution in [3.05, 3.63) is 54.7 Å². The zero-order chi connectivity index (χ0) is 15.2. The van der Waals surface area contributed by atoms with Gasteiger partial charge in [0.1, 0.15) is 5.75 Å². The maximum absolute atomic E-state index is 11.2. The second-order valence-electron chi connectivity index (χ2n) is 4.44. The lowest BCUT2D eigenvalue weighted by atomic mass is 10.3. The fourth-order valence-corrected chi connectivity index (χ4v) is 1.73. The first-order chi connectivity index (χ1) is 10.1. The predicted molar refractivity (Wildman–Crippen MR) is 83.9 cm³/mol. The van der Waals surface area contributed by atoms with E-state index in [0.29, 0.717) is 17.3 Å². The second-order valence-corrected chi connectivity index (χ2v) is 4.44. The van der Waals surface area contributed by atoms with Gasteiger partial charge in [-0.2, -0.15) is 0 Å². The van der Waals surface area contributed by atoms with Gasteiger partial charge in [-0.3, -0.25) is 4.79 Å². The minimum atomic E-state index is -0.249. The van der Waals surface area contributed by atoms with E-state index in [2.05, 4.69) is 22.2 Å². The molecule has 1 heterocycles. The molecule has 0 saturated heterocycles. The number of ether oxygens (including phenoxy) is 1. The molecular weight excluding hydrogens is 266 g/mol. The summed E-state index contributed by atoms with van der Waals surface area (Å²) in [5.74, 6) is 0.895. The Balaban J connectivity index is 2.13. The van der Waals surface area contributed by atoms with Crippen molar-refractivity contribution in [2.24, 2.45) is 0 Å². The first kappa shape index (κ1) is 14.6. The van der Waals surface area contributed by atoms with Crippen molar-refractivity contribution in [2.75, 3.05) is 17.7 Å². The van der Waals surface area contributed by atoms with Crippen LogP contribution < -0.4 is 15.4 Å². The fourth-order valence-electron chi connectivity index (χ4n) is 1.73. The molecule has 1 amide bonds. The monoisotopic (exact) mass is 283 g/mol. The maximum atomic E-state index is 11.2. The van der Waals surface area contributed by atoms with E-state index < -0.39 is 0 Å². The number of aromatic nitrogens is 1. The first-order valence-corrected chi connectivity index (χ1v) is 6.48. The normalized spacial score (nSPS) is 9.81. The predicted octanol–water partition coefficient (Wildman–Crippen LogP) is 3.35. The van der Waals surface area contributed by atoms with Gasteiger partial charge in [-0.1, -0.05) is 6.58 Å². The molecule has 1 aromatic heterocycles. The Labute approximate surface area is 123 Å². The highest BCUT2D eigenvalue weighted by Gasteiger charge is 2.06. The van der Waals surface area contributed by atoms with Crippen molar-refractivity contribution in [2.45, 2.75) is 6.92 Å². The topological polar surface area (TPSA) is 63.2 Å². The van der Waals surface area contributed by atoms with Gasteiger partial charge < -0.3 is 15.4 Å². The van der Waals surface area contributed by atoms with Crippen LogP contribution in [0.15, 0.2) is 49.2 Å². The number of hydrogen-bond donors (Lipinski definition) is 2.